The molecule has 1 heterocycles. The van der Waals surface area contributed by atoms with Crippen LogP contribution in [-0.2, 0) is 0 Å². The van der Waals surface area contributed by atoms with Gasteiger partial charge in [-0.1, -0.05) is 0 Å². The second kappa shape index (κ2) is 3.29. The highest BCUT2D eigenvalue weighted by atomic mass is 16.6. The molecule has 7 nitrogen and oxygen atoms in total. The summed E-state index contributed by atoms with van der Waals surface area (Å²) in [5, 5.41) is 19.5. The van der Waals surface area contributed by atoms with Gasteiger partial charge in [-0.05, 0) is 6.92 Å². The number of ketones is 1. The van der Waals surface area contributed by atoms with Gasteiger partial charge in [0.1, 0.15) is 0 Å². The van der Waals surface area contributed by atoms with Crippen LogP contribution in [0.4, 0.5) is 5.69 Å². The lowest BCUT2D eigenvalue weighted by molar-refractivity contribution is -0.385. The van der Waals surface area contributed by atoms with Crippen LogP contribution in [0.1, 0.15) is 17.3 Å². The van der Waals surface area contributed by atoms with Crippen LogP contribution in [0.15, 0.2) is 10.9 Å². The Hall–Kier alpha value is -2.18. The highest BCUT2D eigenvalue weighted by Crippen LogP contribution is 2.23. The number of pyridine rings is 1. The lowest BCUT2D eigenvalue weighted by Crippen LogP contribution is -2.11. The van der Waals surface area contributed by atoms with Crippen molar-refractivity contribution >= 4 is 11.5 Å². The topological polar surface area (TPSA) is 113 Å². The number of rotatable bonds is 2. The van der Waals surface area contributed by atoms with Crippen molar-refractivity contribution in [2.24, 2.45) is 0 Å². The molecule has 0 saturated carbocycles. The van der Waals surface area contributed by atoms with Crippen LogP contribution >= 0.6 is 0 Å². The van der Waals surface area contributed by atoms with E-state index in [1.807, 2.05) is 4.98 Å². The first-order valence-electron chi connectivity index (χ1n) is 3.55. The summed E-state index contributed by atoms with van der Waals surface area (Å²) in [4.78, 5) is 33.1. The fraction of sp³-hybridized carbons (Fsp3) is 0.143. The van der Waals surface area contributed by atoms with Crippen molar-refractivity contribution in [2.75, 3.05) is 0 Å². The standard InChI is InChI=1S/C7H6N2O5/c1-3(10)6-4(9(13)14)2-5(11)8-7(6)12/h2H,1H3,(H2,8,11,12). The number of nitro groups is 1. The minimum absolute atomic E-state index is 0.491. The summed E-state index contributed by atoms with van der Waals surface area (Å²) in [5.41, 5.74) is -2.02. The smallest absolute Gasteiger partial charge is 0.291 e. The molecule has 0 spiro atoms. The monoisotopic (exact) mass is 198 g/mol. The third kappa shape index (κ3) is 1.60. The predicted molar refractivity (Wildman–Crippen MR) is 45.4 cm³/mol. The van der Waals surface area contributed by atoms with Crippen LogP contribution < -0.4 is 5.56 Å². The van der Waals surface area contributed by atoms with Crippen molar-refractivity contribution in [3.8, 4) is 5.88 Å². The van der Waals surface area contributed by atoms with Crippen LogP contribution in [0.3, 0.4) is 0 Å². The Bertz CT molecular complexity index is 462. The van der Waals surface area contributed by atoms with E-state index in [9.17, 15) is 19.7 Å². The van der Waals surface area contributed by atoms with Crippen LogP contribution in [-0.4, -0.2) is 20.8 Å². The number of carbonyl (C=O) groups excluding carboxylic acids is 1. The summed E-state index contributed by atoms with van der Waals surface area (Å²) >= 11 is 0. The average molecular weight is 198 g/mol. The number of nitrogens with zero attached hydrogens (tertiary/aromatic N) is 1. The Kier molecular flexibility index (Phi) is 2.32. The third-order valence-corrected chi connectivity index (χ3v) is 1.55. The number of Topliss-reactive ketones (excluding diaryl/α,β-unsaturated/α-hetero) is 1. The van der Waals surface area contributed by atoms with Crippen molar-refractivity contribution in [1.82, 2.24) is 4.98 Å². The van der Waals surface area contributed by atoms with Crippen LogP contribution in [0.25, 0.3) is 0 Å². The number of hydrogen-bond acceptors (Lipinski definition) is 5. The zero-order valence-electron chi connectivity index (χ0n) is 7.10. The van der Waals surface area contributed by atoms with Gasteiger partial charge in [-0.2, -0.15) is 0 Å². The number of H-pyrrole nitrogens is 1. The van der Waals surface area contributed by atoms with Gasteiger partial charge in [0.15, 0.2) is 11.3 Å². The second-order valence-corrected chi connectivity index (χ2v) is 2.56. The van der Waals surface area contributed by atoms with Gasteiger partial charge in [-0.15, -0.1) is 0 Å². The Morgan fingerprint density at radius 1 is 1.64 bits per heavy atom. The quantitative estimate of drug-likeness (QED) is 0.400. The van der Waals surface area contributed by atoms with Crippen molar-refractivity contribution < 1.29 is 14.8 Å². The zero-order valence-corrected chi connectivity index (χ0v) is 7.10. The molecule has 0 atom stereocenters. The Morgan fingerprint density at radius 3 is 2.64 bits per heavy atom. The van der Waals surface area contributed by atoms with E-state index in [0.717, 1.165) is 6.92 Å². The first kappa shape index (κ1) is 9.90. The molecule has 74 valence electrons. The molecule has 0 aromatic carbocycles. The summed E-state index contributed by atoms with van der Waals surface area (Å²) < 4.78 is 0. The van der Waals surface area contributed by atoms with Crippen LogP contribution in [0.5, 0.6) is 5.88 Å². The van der Waals surface area contributed by atoms with E-state index >= 15 is 0 Å². The molecule has 0 saturated heterocycles. The number of aromatic nitrogens is 1. The van der Waals surface area contributed by atoms with Gasteiger partial charge in [-0.3, -0.25) is 24.7 Å². The molecule has 1 aromatic heterocycles. The summed E-state index contributed by atoms with van der Waals surface area (Å²) in [5.74, 6) is -1.47. The SMILES string of the molecule is CC(=O)c1c([N+](=O)[O-])cc(=O)[nH]c1O. The maximum absolute atomic E-state index is 10.9. The van der Waals surface area contributed by atoms with E-state index in [4.69, 9.17) is 5.11 Å². The highest BCUT2D eigenvalue weighted by molar-refractivity contribution is 6.00. The van der Waals surface area contributed by atoms with Gasteiger partial charge in [0.05, 0.1) is 11.0 Å². The van der Waals surface area contributed by atoms with Gasteiger partial charge in [-0.25, -0.2) is 0 Å². The Balaban J connectivity index is 3.61. The molecule has 14 heavy (non-hydrogen) atoms. The molecular weight excluding hydrogens is 192 g/mol. The maximum Gasteiger partial charge on any atom is 0.291 e. The summed E-state index contributed by atoms with van der Waals surface area (Å²) in [6, 6.07) is 0.649. The van der Waals surface area contributed by atoms with Crippen molar-refractivity contribution in [3.05, 3.63) is 32.1 Å². The van der Waals surface area contributed by atoms with Crippen LogP contribution in [0, 0.1) is 10.1 Å². The third-order valence-electron chi connectivity index (χ3n) is 1.55. The molecule has 0 aliphatic heterocycles. The van der Waals surface area contributed by atoms with E-state index in [-0.39, 0.29) is 0 Å². The van der Waals surface area contributed by atoms with Crippen molar-refractivity contribution in [1.29, 1.82) is 0 Å². The molecule has 7 heteroatoms. The molecule has 0 amide bonds. The molecule has 0 unspecified atom stereocenters. The first-order chi connectivity index (χ1) is 6.43. The van der Waals surface area contributed by atoms with E-state index in [2.05, 4.69) is 0 Å². The fourth-order valence-electron chi connectivity index (χ4n) is 1.02. The lowest BCUT2D eigenvalue weighted by Gasteiger charge is -1.99. The predicted octanol–water partition coefficient (Wildman–Crippen LogP) is 0.191. The summed E-state index contributed by atoms with van der Waals surface area (Å²) in [6.07, 6.45) is 0. The second-order valence-electron chi connectivity index (χ2n) is 2.56. The number of hydrogen-bond donors (Lipinski definition) is 2. The van der Waals surface area contributed by atoms with E-state index in [1.54, 1.807) is 0 Å². The van der Waals surface area contributed by atoms with Gasteiger partial charge in [0.2, 0.25) is 5.88 Å². The van der Waals surface area contributed by atoms with Gasteiger partial charge >= 0.3 is 0 Å². The Labute approximate surface area is 77.2 Å². The minimum Gasteiger partial charge on any atom is -0.494 e. The summed E-state index contributed by atoms with van der Waals surface area (Å²) in [6.45, 7) is 1.06. The molecule has 0 fully saturated rings. The number of nitrogens with one attached hydrogen (secondary N) is 1. The molecular formula is C7H6N2O5. The Morgan fingerprint density at radius 2 is 2.21 bits per heavy atom. The van der Waals surface area contributed by atoms with Crippen molar-refractivity contribution in [2.45, 2.75) is 6.92 Å². The summed E-state index contributed by atoms with van der Waals surface area (Å²) in [7, 11) is 0. The van der Waals surface area contributed by atoms with E-state index in [0.29, 0.717) is 6.07 Å². The molecule has 0 radical (unpaired) electrons. The normalized spacial score (nSPS) is 9.79. The minimum atomic E-state index is -0.897. The van der Waals surface area contributed by atoms with E-state index < -0.39 is 33.4 Å². The zero-order chi connectivity index (χ0) is 10.9. The largest absolute Gasteiger partial charge is 0.494 e. The van der Waals surface area contributed by atoms with E-state index in [1.165, 1.54) is 0 Å². The number of aromatic amines is 1. The number of aromatic hydroxyl groups is 1. The highest BCUT2D eigenvalue weighted by Gasteiger charge is 2.22. The molecule has 0 aliphatic carbocycles. The number of carbonyl (C=O) groups is 1. The van der Waals surface area contributed by atoms with Crippen molar-refractivity contribution in [3.63, 3.8) is 0 Å². The van der Waals surface area contributed by atoms with Gasteiger partial charge in [0, 0.05) is 0 Å². The first-order valence-corrected chi connectivity index (χ1v) is 3.55. The lowest BCUT2D eigenvalue weighted by atomic mass is 10.1. The molecule has 0 bridgehead atoms. The average Bonchev–Trinajstić information content (AvgIpc) is 2.01. The van der Waals surface area contributed by atoms with Gasteiger partial charge < -0.3 is 5.11 Å². The maximum atomic E-state index is 10.9. The fourth-order valence-corrected chi connectivity index (χ4v) is 1.02. The molecule has 1 aromatic rings. The molecule has 1 rings (SSSR count). The van der Waals surface area contributed by atoms with Gasteiger partial charge in [0.25, 0.3) is 11.2 Å². The molecule has 0 aliphatic rings. The van der Waals surface area contributed by atoms with Crippen LogP contribution in [0.2, 0.25) is 0 Å². The molecule has 2 N–H and O–H groups in total.